The van der Waals surface area contributed by atoms with E-state index in [9.17, 15) is 9.59 Å². The van der Waals surface area contributed by atoms with E-state index >= 15 is 0 Å². The van der Waals surface area contributed by atoms with E-state index in [1.807, 2.05) is 6.92 Å². The third-order valence-electron chi connectivity index (χ3n) is 8.42. The van der Waals surface area contributed by atoms with Crippen molar-refractivity contribution in [3.8, 4) is 12.1 Å². The zero-order valence-electron chi connectivity index (χ0n) is 36.4. The fourth-order valence-corrected chi connectivity index (χ4v) is 4.93. The van der Waals surface area contributed by atoms with Gasteiger partial charge in [-0.1, -0.05) is 69.2 Å². The number of aryl methyl sites for hydroxylation is 1. The van der Waals surface area contributed by atoms with Crippen LogP contribution in [0, 0.1) is 29.6 Å². The molecule has 3 aromatic rings. The molecule has 2 amide bonds. The monoisotopic (exact) mass is 782 g/mol. The number of carbonyl (C=O) groups excluding carboxylic acids is 2. The first-order valence-corrected chi connectivity index (χ1v) is 19.7. The number of rotatable bonds is 8. The Hall–Kier alpha value is -5.69. The Labute approximate surface area is 342 Å². The van der Waals surface area contributed by atoms with Gasteiger partial charge in [-0.25, -0.2) is 0 Å². The average Bonchev–Trinajstić information content (AvgIpc) is 3.64. The molecule has 6 N–H and O–H groups in total. The highest BCUT2D eigenvalue weighted by Crippen LogP contribution is 2.27. The number of nitriles is 2. The van der Waals surface area contributed by atoms with Crippen molar-refractivity contribution < 1.29 is 14.1 Å². The number of fused-ring (bicyclic) bond motifs is 2. The van der Waals surface area contributed by atoms with Crippen molar-refractivity contribution in [3.63, 3.8) is 0 Å². The summed E-state index contributed by atoms with van der Waals surface area (Å²) in [5.41, 5.74) is 11.3. The highest BCUT2D eigenvalue weighted by molar-refractivity contribution is 5.98. The van der Waals surface area contributed by atoms with Crippen molar-refractivity contribution in [3.05, 3.63) is 111 Å². The number of anilines is 2. The first-order chi connectivity index (χ1) is 27.3. The van der Waals surface area contributed by atoms with Crippen LogP contribution in [-0.2, 0) is 17.6 Å². The third kappa shape index (κ3) is 20.2. The summed E-state index contributed by atoms with van der Waals surface area (Å²) < 4.78 is 4.72. The second-order valence-corrected chi connectivity index (χ2v) is 12.9. The Morgan fingerprint density at radius 3 is 1.46 bits per heavy atom. The first kappa shape index (κ1) is 51.3. The van der Waals surface area contributed by atoms with Crippen molar-refractivity contribution >= 4 is 23.2 Å². The highest BCUT2D eigenvalue weighted by atomic mass is 16.5. The molecular formula is C45H67N9O3. The molecule has 3 heterocycles. The van der Waals surface area contributed by atoms with Crippen molar-refractivity contribution in [1.82, 2.24) is 26.4 Å². The number of allylic oxidation sites excluding steroid dienone is 5. The Morgan fingerprint density at radius 1 is 0.684 bits per heavy atom. The molecule has 5 rings (SSSR count). The van der Waals surface area contributed by atoms with E-state index in [2.05, 4.69) is 141 Å². The Morgan fingerprint density at radius 2 is 1.12 bits per heavy atom. The van der Waals surface area contributed by atoms with Crippen LogP contribution in [0.5, 0.6) is 0 Å². The summed E-state index contributed by atoms with van der Waals surface area (Å²) in [5.74, 6) is -0.0683. The predicted molar refractivity (Wildman–Crippen MR) is 235 cm³/mol. The number of benzene rings is 2. The molecule has 1 aromatic heterocycles. The van der Waals surface area contributed by atoms with E-state index in [-0.39, 0.29) is 17.1 Å². The number of aromatic nitrogens is 1. The van der Waals surface area contributed by atoms with Crippen LogP contribution in [0.25, 0.3) is 0 Å². The molecule has 2 aliphatic rings. The standard InChI is InChI=1S/2C11H13N.C8H9N3O.C7H10N2O2.2C4H11N/c2*1-8-7-10-5-3-4-6-11(10)12-9(8)2;1-3-11-8(12)7(5-10)6(2)4-9;1-3-8-7(10)6-4-9-11-5(6)2;2*1-3-5-4-2/h2*3-6,12H,7H2,1-2H3;3H2,1-2H3,(H,11,12);4H,3H2,1-2H3,(H,8,10);2*5H,3-4H2,1-2H3/b;;7-6+;;;. The number of nitrogens with zero attached hydrogens (tertiary/aromatic N) is 3. The van der Waals surface area contributed by atoms with Crippen molar-refractivity contribution in [1.29, 1.82) is 10.5 Å². The lowest BCUT2D eigenvalue weighted by molar-refractivity contribution is -0.117. The fourth-order valence-electron chi connectivity index (χ4n) is 4.93. The van der Waals surface area contributed by atoms with Crippen LogP contribution in [0.2, 0.25) is 0 Å². The molecule has 12 heteroatoms. The van der Waals surface area contributed by atoms with Gasteiger partial charge in [-0.15, -0.1) is 0 Å². The maximum Gasteiger partial charge on any atom is 0.262 e. The molecule has 2 aliphatic heterocycles. The van der Waals surface area contributed by atoms with Gasteiger partial charge in [0.25, 0.3) is 11.8 Å². The number of hydrogen-bond acceptors (Lipinski definition) is 10. The maximum atomic E-state index is 11.1. The SMILES string of the molecule is CC1=C(C)Nc2ccccc2C1.CC1=C(C)Nc2ccccc2C1.CCNC(=O)/C(C#N)=C(\C)C#N.CCNC(=O)c1cnoc1C.CCNCC.CCNCC. The van der Waals surface area contributed by atoms with Crippen molar-refractivity contribution in [2.75, 3.05) is 49.9 Å². The van der Waals surface area contributed by atoms with E-state index in [1.54, 1.807) is 26.0 Å². The van der Waals surface area contributed by atoms with Gasteiger partial charge in [0.1, 0.15) is 23.0 Å². The van der Waals surface area contributed by atoms with Crippen LogP contribution < -0.4 is 31.9 Å². The Kier molecular flexibility index (Phi) is 27.5. The van der Waals surface area contributed by atoms with Gasteiger partial charge in [-0.2, -0.15) is 10.5 Å². The van der Waals surface area contributed by atoms with Gasteiger partial charge in [-0.05, 0) is 129 Å². The van der Waals surface area contributed by atoms with Crippen LogP contribution in [0.15, 0.2) is 92.9 Å². The quantitative estimate of drug-likeness (QED) is 0.0961. The number of amides is 2. The second-order valence-electron chi connectivity index (χ2n) is 12.9. The van der Waals surface area contributed by atoms with Gasteiger partial charge in [0.15, 0.2) is 0 Å². The molecule has 0 saturated carbocycles. The number of nitrogens with one attached hydrogen (secondary N) is 6. The van der Waals surface area contributed by atoms with E-state index in [1.165, 1.54) is 58.2 Å². The molecule has 0 radical (unpaired) electrons. The van der Waals surface area contributed by atoms with E-state index in [4.69, 9.17) is 15.0 Å². The zero-order valence-corrected chi connectivity index (χ0v) is 36.4. The lowest BCUT2D eigenvalue weighted by atomic mass is 9.99. The molecular weight excluding hydrogens is 715 g/mol. The Balaban J connectivity index is 0.000000681. The summed E-state index contributed by atoms with van der Waals surface area (Å²) in [6, 6.07) is 20.4. The summed E-state index contributed by atoms with van der Waals surface area (Å²) in [5, 5.41) is 38.5. The maximum absolute atomic E-state index is 11.1. The molecule has 0 atom stereocenters. The number of para-hydroxylation sites is 2. The van der Waals surface area contributed by atoms with Gasteiger partial charge >= 0.3 is 0 Å². The molecule has 0 spiro atoms. The zero-order chi connectivity index (χ0) is 43.2. The summed E-state index contributed by atoms with van der Waals surface area (Å²) in [6.45, 7) is 29.2. The van der Waals surface area contributed by atoms with Gasteiger partial charge in [0.05, 0.1) is 12.3 Å². The topological polar surface area (TPSA) is 180 Å². The van der Waals surface area contributed by atoms with Crippen LogP contribution in [-0.4, -0.2) is 56.2 Å². The van der Waals surface area contributed by atoms with Crippen molar-refractivity contribution in [2.45, 2.75) is 95.9 Å². The van der Waals surface area contributed by atoms with Crippen LogP contribution in [0.1, 0.15) is 103 Å². The summed E-state index contributed by atoms with van der Waals surface area (Å²) in [6.07, 6.45) is 3.60. The molecule has 12 nitrogen and oxygen atoms in total. The average molecular weight is 782 g/mol. The summed E-state index contributed by atoms with van der Waals surface area (Å²) in [7, 11) is 0. The highest BCUT2D eigenvalue weighted by Gasteiger charge is 2.13. The second kappa shape index (κ2) is 30.5. The van der Waals surface area contributed by atoms with Crippen molar-refractivity contribution in [2.24, 2.45) is 0 Å². The largest absolute Gasteiger partial charge is 0.361 e. The van der Waals surface area contributed by atoms with Gasteiger partial charge < -0.3 is 36.4 Å². The minimum atomic E-state index is -0.487. The van der Waals surface area contributed by atoms with Crippen LogP contribution in [0.3, 0.4) is 0 Å². The summed E-state index contributed by atoms with van der Waals surface area (Å²) in [4.78, 5) is 22.1. The van der Waals surface area contributed by atoms with Crippen LogP contribution >= 0.6 is 0 Å². The van der Waals surface area contributed by atoms with E-state index in [0.29, 0.717) is 24.4 Å². The van der Waals surface area contributed by atoms with Gasteiger partial charge in [0.2, 0.25) is 0 Å². The number of hydrogen-bond donors (Lipinski definition) is 6. The fraction of sp³-hybridized carbons (Fsp3) is 0.444. The predicted octanol–water partition coefficient (Wildman–Crippen LogP) is 8.35. The molecule has 310 valence electrons. The Bertz CT molecular complexity index is 1700. The van der Waals surface area contributed by atoms with Gasteiger partial charge in [-0.3, -0.25) is 9.59 Å². The molecule has 57 heavy (non-hydrogen) atoms. The molecule has 0 bridgehead atoms. The smallest absolute Gasteiger partial charge is 0.262 e. The molecule has 2 aromatic carbocycles. The van der Waals surface area contributed by atoms with E-state index < -0.39 is 5.91 Å². The van der Waals surface area contributed by atoms with E-state index in [0.717, 1.165) is 39.0 Å². The normalized spacial score (nSPS) is 12.1. The minimum absolute atomic E-state index is 0.112. The lowest BCUT2D eigenvalue weighted by Crippen LogP contribution is -2.24. The molecule has 0 aliphatic carbocycles. The first-order valence-electron chi connectivity index (χ1n) is 19.7. The lowest BCUT2D eigenvalue weighted by Gasteiger charge is -2.20. The molecule has 0 fully saturated rings. The minimum Gasteiger partial charge on any atom is -0.361 e. The third-order valence-corrected chi connectivity index (χ3v) is 8.42. The number of carbonyl (C=O) groups is 2. The van der Waals surface area contributed by atoms with Crippen LogP contribution in [0.4, 0.5) is 11.4 Å². The molecule has 0 unspecified atom stereocenters. The number of likely N-dealkylation sites (N-methyl/N-ethyl adjacent to an activating group) is 1. The molecule has 0 saturated heterocycles. The summed E-state index contributed by atoms with van der Waals surface area (Å²) >= 11 is 0. The van der Waals surface area contributed by atoms with Gasteiger partial charge in [0, 0.05) is 41.4 Å².